The van der Waals surface area contributed by atoms with Crippen molar-refractivity contribution in [2.75, 3.05) is 19.9 Å². The Morgan fingerprint density at radius 1 is 1.21 bits per heavy atom. The molecule has 0 bridgehead atoms. The normalized spacial score (nSPS) is 12.4. The fourth-order valence-electron chi connectivity index (χ4n) is 2.14. The highest BCUT2D eigenvalue weighted by Crippen LogP contribution is 2.32. The van der Waals surface area contributed by atoms with Crippen LogP contribution in [0, 0.1) is 0 Å². The SMILES string of the molecule is O=C(/C=C/c1ccc2c(c1)OCO2)NCCOc1ccccc1Cl. The van der Waals surface area contributed by atoms with Gasteiger partial charge in [-0.1, -0.05) is 29.8 Å². The summed E-state index contributed by atoms with van der Waals surface area (Å²) < 4.78 is 16.0. The zero-order valence-electron chi connectivity index (χ0n) is 12.8. The van der Waals surface area contributed by atoms with Gasteiger partial charge in [-0.15, -0.1) is 0 Å². The van der Waals surface area contributed by atoms with E-state index < -0.39 is 0 Å². The lowest BCUT2D eigenvalue weighted by molar-refractivity contribution is -0.116. The summed E-state index contributed by atoms with van der Waals surface area (Å²) in [5, 5.41) is 3.29. The van der Waals surface area contributed by atoms with E-state index in [1.807, 2.05) is 30.3 Å². The fourth-order valence-corrected chi connectivity index (χ4v) is 2.33. The fraction of sp³-hybridized carbons (Fsp3) is 0.167. The third-order valence-electron chi connectivity index (χ3n) is 3.32. The molecule has 6 heteroatoms. The Labute approximate surface area is 144 Å². The lowest BCUT2D eigenvalue weighted by Crippen LogP contribution is -2.26. The van der Waals surface area contributed by atoms with Gasteiger partial charge >= 0.3 is 0 Å². The van der Waals surface area contributed by atoms with Gasteiger partial charge in [-0.2, -0.15) is 0 Å². The second-order valence-electron chi connectivity index (χ2n) is 5.02. The van der Waals surface area contributed by atoms with Gasteiger partial charge in [0.1, 0.15) is 12.4 Å². The molecule has 2 aromatic rings. The zero-order chi connectivity index (χ0) is 16.8. The summed E-state index contributed by atoms with van der Waals surface area (Å²) in [6.45, 7) is 0.956. The second-order valence-corrected chi connectivity index (χ2v) is 5.42. The Kier molecular flexibility index (Phi) is 5.23. The summed E-state index contributed by atoms with van der Waals surface area (Å²) >= 11 is 5.98. The first-order chi connectivity index (χ1) is 11.7. The van der Waals surface area contributed by atoms with Crippen LogP contribution in [0.1, 0.15) is 5.56 Å². The number of para-hydroxylation sites is 1. The van der Waals surface area contributed by atoms with Crippen molar-refractivity contribution in [3.05, 3.63) is 59.1 Å². The maximum atomic E-state index is 11.8. The molecule has 1 amide bonds. The van der Waals surface area contributed by atoms with Gasteiger partial charge in [0.15, 0.2) is 11.5 Å². The number of nitrogens with one attached hydrogen (secondary N) is 1. The highest BCUT2D eigenvalue weighted by atomic mass is 35.5. The van der Waals surface area contributed by atoms with Crippen molar-refractivity contribution in [2.45, 2.75) is 0 Å². The lowest BCUT2D eigenvalue weighted by atomic mass is 10.2. The molecule has 0 spiro atoms. The molecule has 0 fully saturated rings. The molecule has 1 heterocycles. The number of ether oxygens (including phenoxy) is 3. The van der Waals surface area contributed by atoms with E-state index in [1.54, 1.807) is 18.2 Å². The van der Waals surface area contributed by atoms with Crippen molar-refractivity contribution in [2.24, 2.45) is 0 Å². The summed E-state index contributed by atoms with van der Waals surface area (Å²) in [6.07, 6.45) is 3.18. The first-order valence-electron chi connectivity index (χ1n) is 7.45. The van der Waals surface area contributed by atoms with Crippen molar-refractivity contribution in [3.8, 4) is 17.2 Å². The van der Waals surface area contributed by atoms with Crippen LogP contribution in [0.15, 0.2) is 48.5 Å². The molecule has 5 nitrogen and oxygen atoms in total. The maximum absolute atomic E-state index is 11.8. The Hall–Kier alpha value is -2.66. The summed E-state index contributed by atoms with van der Waals surface area (Å²) in [5.74, 6) is 1.80. The smallest absolute Gasteiger partial charge is 0.244 e. The van der Waals surface area contributed by atoms with Crippen LogP contribution in [-0.4, -0.2) is 25.9 Å². The molecule has 2 aromatic carbocycles. The molecule has 1 aliphatic rings. The molecule has 3 rings (SSSR count). The Bertz CT molecular complexity index is 760. The number of hydrogen-bond donors (Lipinski definition) is 1. The van der Waals surface area contributed by atoms with Gasteiger partial charge in [0, 0.05) is 6.08 Å². The molecule has 1 N–H and O–H groups in total. The number of hydrogen-bond acceptors (Lipinski definition) is 4. The predicted octanol–water partition coefficient (Wildman–Crippen LogP) is 3.28. The predicted molar refractivity (Wildman–Crippen MR) is 91.6 cm³/mol. The van der Waals surface area contributed by atoms with Crippen LogP contribution in [0.25, 0.3) is 6.08 Å². The van der Waals surface area contributed by atoms with Crippen molar-refractivity contribution < 1.29 is 19.0 Å². The van der Waals surface area contributed by atoms with Crippen molar-refractivity contribution in [3.63, 3.8) is 0 Å². The molecule has 124 valence electrons. The van der Waals surface area contributed by atoms with Crippen molar-refractivity contribution in [1.82, 2.24) is 5.32 Å². The van der Waals surface area contributed by atoms with Gasteiger partial charge in [-0.3, -0.25) is 4.79 Å². The summed E-state index contributed by atoms with van der Waals surface area (Å²) in [4.78, 5) is 11.8. The molecule has 0 aliphatic carbocycles. The van der Waals surface area contributed by atoms with E-state index >= 15 is 0 Å². The van der Waals surface area contributed by atoms with Crippen LogP contribution in [0.3, 0.4) is 0 Å². The van der Waals surface area contributed by atoms with Crippen molar-refractivity contribution in [1.29, 1.82) is 0 Å². The topological polar surface area (TPSA) is 56.8 Å². The van der Waals surface area contributed by atoms with Gasteiger partial charge in [-0.25, -0.2) is 0 Å². The number of fused-ring (bicyclic) bond motifs is 1. The van der Waals surface area contributed by atoms with Crippen LogP contribution >= 0.6 is 11.6 Å². The quantitative estimate of drug-likeness (QED) is 0.645. The van der Waals surface area contributed by atoms with Crippen LogP contribution < -0.4 is 19.5 Å². The third kappa shape index (κ3) is 4.20. The van der Waals surface area contributed by atoms with Crippen LogP contribution in [-0.2, 0) is 4.79 Å². The van der Waals surface area contributed by atoms with Gasteiger partial charge in [-0.05, 0) is 35.9 Å². The van der Waals surface area contributed by atoms with Gasteiger partial charge in [0.05, 0.1) is 11.6 Å². The van der Waals surface area contributed by atoms with E-state index in [0.717, 1.165) is 5.56 Å². The first-order valence-corrected chi connectivity index (χ1v) is 7.83. The lowest BCUT2D eigenvalue weighted by Gasteiger charge is -2.07. The van der Waals surface area contributed by atoms with E-state index in [0.29, 0.717) is 35.4 Å². The molecule has 1 aliphatic heterocycles. The molecule has 0 radical (unpaired) electrons. The monoisotopic (exact) mass is 345 g/mol. The van der Waals surface area contributed by atoms with Gasteiger partial charge < -0.3 is 19.5 Å². The number of amides is 1. The van der Waals surface area contributed by atoms with Gasteiger partial charge in [0.25, 0.3) is 0 Å². The number of benzene rings is 2. The molecule has 0 unspecified atom stereocenters. The maximum Gasteiger partial charge on any atom is 0.244 e. The second kappa shape index (κ2) is 7.75. The standard InChI is InChI=1S/C18H16ClNO4/c19-14-3-1-2-4-15(14)22-10-9-20-18(21)8-6-13-5-7-16-17(11-13)24-12-23-16/h1-8,11H,9-10,12H2,(H,20,21)/b8-6+. The van der Waals surface area contributed by atoms with E-state index in [2.05, 4.69) is 5.32 Å². The van der Waals surface area contributed by atoms with E-state index in [9.17, 15) is 4.79 Å². The average Bonchev–Trinajstić information content (AvgIpc) is 3.06. The highest BCUT2D eigenvalue weighted by molar-refractivity contribution is 6.32. The van der Waals surface area contributed by atoms with Crippen molar-refractivity contribution >= 4 is 23.6 Å². The highest BCUT2D eigenvalue weighted by Gasteiger charge is 2.12. The molecule has 0 saturated heterocycles. The average molecular weight is 346 g/mol. The Morgan fingerprint density at radius 2 is 2.04 bits per heavy atom. The van der Waals surface area contributed by atoms with Gasteiger partial charge in [0.2, 0.25) is 12.7 Å². The third-order valence-corrected chi connectivity index (χ3v) is 3.63. The van der Waals surface area contributed by atoms with Crippen LogP contribution in [0.5, 0.6) is 17.2 Å². The molecular weight excluding hydrogens is 330 g/mol. The molecular formula is C18H16ClNO4. The minimum atomic E-state index is -0.199. The summed E-state index contributed by atoms with van der Waals surface area (Å²) in [7, 11) is 0. The minimum absolute atomic E-state index is 0.199. The number of rotatable bonds is 6. The Balaban J connectivity index is 1.43. The number of carbonyl (C=O) groups is 1. The number of halogens is 1. The van der Waals surface area contributed by atoms with E-state index in [1.165, 1.54) is 6.08 Å². The largest absolute Gasteiger partial charge is 0.490 e. The first kappa shape index (κ1) is 16.2. The minimum Gasteiger partial charge on any atom is -0.490 e. The summed E-state index contributed by atoms with van der Waals surface area (Å²) in [6, 6.07) is 12.7. The van der Waals surface area contributed by atoms with E-state index in [-0.39, 0.29) is 12.7 Å². The molecule has 0 saturated carbocycles. The number of carbonyl (C=O) groups excluding carboxylic acids is 1. The Morgan fingerprint density at radius 3 is 2.92 bits per heavy atom. The van der Waals surface area contributed by atoms with Crippen LogP contribution in [0.2, 0.25) is 5.02 Å². The molecule has 24 heavy (non-hydrogen) atoms. The summed E-state index contributed by atoms with van der Waals surface area (Å²) in [5.41, 5.74) is 0.863. The molecule has 0 aromatic heterocycles. The molecule has 0 atom stereocenters. The zero-order valence-corrected chi connectivity index (χ0v) is 13.6. The van der Waals surface area contributed by atoms with Crippen LogP contribution in [0.4, 0.5) is 0 Å². The van der Waals surface area contributed by atoms with E-state index in [4.69, 9.17) is 25.8 Å².